The lowest BCUT2D eigenvalue weighted by Crippen LogP contribution is -2.37. The van der Waals surface area contributed by atoms with Crippen LogP contribution in [0.1, 0.15) is 35.9 Å². The second kappa shape index (κ2) is 8.73. The number of fused-ring (bicyclic) bond motifs is 1. The third kappa shape index (κ3) is 4.19. The van der Waals surface area contributed by atoms with Gasteiger partial charge in [-0.2, -0.15) is 9.29 Å². The molecule has 0 unspecified atom stereocenters. The molecule has 5 rings (SSSR count). The van der Waals surface area contributed by atoms with Gasteiger partial charge in [0.2, 0.25) is 21.7 Å². The monoisotopic (exact) mass is 471 g/mol. The second-order valence-electron chi connectivity index (χ2n) is 8.25. The van der Waals surface area contributed by atoms with Crippen molar-refractivity contribution in [3.05, 3.63) is 57.8 Å². The van der Waals surface area contributed by atoms with Crippen LogP contribution in [0.15, 0.2) is 44.5 Å². The molecule has 11 heteroatoms. The van der Waals surface area contributed by atoms with Crippen molar-refractivity contribution < 1.29 is 17.7 Å². The zero-order chi connectivity index (χ0) is 23.0. The molecule has 4 heterocycles. The van der Waals surface area contributed by atoms with Gasteiger partial charge in [0.05, 0.1) is 17.6 Å². The zero-order valence-electron chi connectivity index (χ0n) is 18.2. The molecule has 0 atom stereocenters. The number of aromatic nitrogens is 3. The minimum Gasteiger partial charge on any atom is -0.497 e. The SMILES string of the molecule is COc1ccc(S(=O)(=O)N2CCC(c3nc(-c4cc5c([nH]c4=O)CCNC5)no3)CC2)cc1. The summed E-state index contributed by atoms with van der Waals surface area (Å²) in [7, 11) is -2.05. The van der Waals surface area contributed by atoms with Crippen LogP contribution < -0.4 is 15.6 Å². The number of rotatable bonds is 5. The predicted molar refractivity (Wildman–Crippen MR) is 119 cm³/mol. The molecule has 174 valence electrons. The van der Waals surface area contributed by atoms with Gasteiger partial charge in [0, 0.05) is 44.2 Å². The first-order valence-corrected chi connectivity index (χ1v) is 12.3. The molecule has 33 heavy (non-hydrogen) atoms. The number of piperidine rings is 1. The van der Waals surface area contributed by atoms with Crippen molar-refractivity contribution in [2.45, 2.75) is 36.6 Å². The molecule has 1 fully saturated rings. The molecule has 1 saturated heterocycles. The van der Waals surface area contributed by atoms with Crippen LogP contribution in [-0.4, -0.2) is 54.6 Å². The molecule has 2 aliphatic heterocycles. The number of nitrogens with one attached hydrogen (secondary N) is 2. The molecule has 3 aromatic rings. The fourth-order valence-corrected chi connectivity index (χ4v) is 5.81. The van der Waals surface area contributed by atoms with Crippen LogP contribution in [0.3, 0.4) is 0 Å². The van der Waals surface area contributed by atoms with Gasteiger partial charge in [-0.05, 0) is 48.7 Å². The molecule has 0 amide bonds. The Bertz CT molecular complexity index is 1310. The van der Waals surface area contributed by atoms with Crippen LogP contribution in [-0.2, 0) is 23.0 Å². The Morgan fingerprint density at radius 2 is 1.94 bits per heavy atom. The largest absolute Gasteiger partial charge is 0.497 e. The maximum atomic E-state index is 13.0. The van der Waals surface area contributed by atoms with Gasteiger partial charge in [0.15, 0.2) is 0 Å². The first-order valence-electron chi connectivity index (χ1n) is 10.9. The van der Waals surface area contributed by atoms with Gasteiger partial charge in [0.25, 0.3) is 5.56 Å². The Hall–Kier alpha value is -3.02. The van der Waals surface area contributed by atoms with Gasteiger partial charge in [-0.25, -0.2) is 8.42 Å². The number of ether oxygens (including phenoxy) is 1. The summed E-state index contributed by atoms with van der Waals surface area (Å²) in [4.78, 5) is 20.2. The lowest BCUT2D eigenvalue weighted by atomic mass is 9.98. The van der Waals surface area contributed by atoms with Crippen molar-refractivity contribution in [2.75, 3.05) is 26.7 Å². The van der Waals surface area contributed by atoms with Crippen LogP contribution in [0.5, 0.6) is 5.75 Å². The third-order valence-corrected chi connectivity index (χ3v) is 8.18. The first-order chi connectivity index (χ1) is 16.0. The van der Waals surface area contributed by atoms with E-state index < -0.39 is 10.0 Å². The highest BCUT2D eigenvalue weighted by Crippen LogP contribution is 2.31. The van der Waals surface area contributed by atoms with Crippen LogP contribution >= 0.6 is 0 Å². The summed E-state index contributed by atoms with van der Waals surface area (Å²) in [6.07, 6.45) is 1.89. The minimum atomic E-state index is -3.59. The topological polar surface area (TPSA) is 130 Å². The Kier molecular flexibility index (Phi) is 5.77. The van der Waals surface area contributed by atoms with E-state index in [2.05, 4.69) is 20.4 Å². The van der Waals surface area contributed by atoms with Crippen LogP contribution in [0.2, 0.25) is 0 Å². The van der Waals surface area contributed by atoms with Gasteiger partial charge in [-0.3, -0.25) is 4.79 Å². The average molecular weight is 472 g/mol. The Morgan fingerprint density at radius 1 is 1.18 bits per heavy atom. The number of benzene rings is 1. The fourth-order valence-electron chi connectivity index (χ4n) is 4.35. The van der Waals surface area contributed by atoms with E-state index >= 15 is 0 Å². The summed E-state index contributed by atoms with van der Waals surface area (Å²) in [5.74, 6) is 1.23. The van der Waals surface area contributed by atoms with Crippen LogP contribution in [0, 0.1) is 0 Å². The van der Waals surface area contributed by atoms with E-state index in [0.717, 1.165) is 24.2 Å². The summed E-state index contributed by atoms with van der Waals surface area (Å²) in [5.41, 5.74) is 2.12. The smallest absolute Gasteiger partial charge is 0.259 e. The van der Waals surface area contributed by atoms with E-state index in [1.54, 1.807) is 24.3 Å². The molecule has 2 aromatic heterocycles. The maximum absolute atomic E-state index is 13.0. The molecule has 0 spiro atoms. The molecule has 0 aliphatic carbocycles. The summed E-state index contributed by atoms with van der Waals surface area (Å²) in [5, 5.41) is 7.32. The predicted octanol–water partition coefficient (Wildman–Crippen LogP) is 1.65. The van der Waals surface area contributed by atoms with Crippen molar-refractivity contribution in [3.63, 3.8) is 0 Å². The fraction of sp³-hybridized carbons (Fsp3) is 0.409. The number of H-pyrrole nitrogens is 1. The molecule has 2 aliphatic rings. The van der Waals surface area contributed by atoms with Crippen LogP contribution in [0.25, 0.3) is 11.4 Å². The van der Waals surface area contributed by atoms with Gasteiger partial charge >= 0.3 is 0 Å². The van der Waals surface area contributed by atoms with Gasteiger partial charge in [0.1, 0.15) is 5.75 Å². The summed E-state index contributed by atoms with van der Waals surface area (Å²) in [6, 6.07) is 8.20. The lowest BCUT2D eigenvalue weighted by molar-refractivity contribution is 0.270. The first kappa shape index (κ1) is 21.8. The second-order valence-corrected chi connectivity index (χ2v) is 10.2. The molecule has 0 saturated carbocycles. The summed E-state index contributed by atoms with van der Waals surface area (Å²) < 4.78 is 38.0. The number of nitrogens with zero attached hydrogens (tertiary/aromatic N) is 3. The third-order valence-electron chi connectivity index (χ3n) is 6.27. The van der Waals surface area contributed by atoms with Gasteiger partial charge in [-0.15, -0.1) is 0 Å². The summed E-state index contributed by atoms with van der Waals surface area (Å²) >= 11 is 0. The number of aromatic amines is 1. The average Bonchev–Trinajstić information content (AvgIpc) is 3.34. The maximum Gasteiger partial charge on any atom is 0.259 e. The van der Waals surface area contributed by atoms with Gasteiger partial charge < -0.3 is 19.6 Å². The normalized spacial score (nSPS) is 17.6. The highest BCUT2D eigenvalue weighted by atomic mass is 32.2. The van der Waals surface area contributed by atoms with Gasteiger partial charge in [-0.1, -0.05) is 5.16 Å². The molecular formula is C22H25N5O5S. The van der Waals surface area contributed by atoms with E-state index in [4.69, 9.17) is 9.26 Å². The quantitative estimate of drug-likeness (QED) is 0.574. The van der Waals surface area contributed by atoms with E-state index in [1.807, 2.05) is 6.07 Å². The lowest BCUT2D eigenvalue weighted by Gasteiger charge is -2.29. The van der Waals surface area contributed by atoms with Crippen molar-refractivity contribution in [3.8, 4) is 17.1 Å². The van der Waals surface area contributed by atoms with Crippen molar-refractivity contribution in [1.29, 1.82) is 0 Å². The van der Waals surface area contributed by atoms with E-state index in [9.17, 15) is 13.2 Å². The van der Waals surface area contributed by atoms with E-state index in [-0.39, 0.29) is 22.2 Å². The molecule has 10 nitrogen and oxygen atoms in total. The Labute approximate surface area is 191 Å². The standard InChI is InChI=1S/C22H25N5O5S/c1-31-16-2-4-17(5-3-16)33(29,30)27-10-7-14(8-11-27)22-25-20(26-32-22)18-12-15-13-23-9-6-19(15)24-21(18)28/h2-5,12,14,23H,6-11,13H2,1H3,(H,24,28). The van der Waals surface area contributed by atoms with E-state index in [1.165, 1.54) is 11.4 Å². The number of methoxy groups -OCH3 is 1. The van der Waals surface area contributed by atoms with Crippen molar-refractivity contribution in [1.82, 2.24) is 24.7 Å². The number of hydrogen-bond donors (Lipinski definition) is 2. The summed E-state index contributed by atoms with van der Waals surface area (Å²) in [6.45, 7) is 2.22. The number of pyridine rings is 1. The Morgan fingerprint density at radius 3 is 2.67 bits per heavy atom. The molecule has 0 radical (unpaired) electrons. The van der Waals surface area contributed by atoms with Crippen molar-refractivity contribution >= 4 is 10.0 Å². The molecular weight excluding hydrogens is 446 g/mol. The van der Waals surface area contributed by atoms with Crippen LogP contribution in [0.4, 0.5) is 0 Å². The molecule has 0 bridgehead atoms. The number of sulfonamides is 1. The number of hydrogen-bond acceptors (Lipinski definition) is 8. The highest BCUT2D eigenvalue weighted by Gasteiger charge is 2.32. The molecule has 1 aromatic carbocycles. The molecule has 2 N–H and O–H groups in total. The highest BCUT2D eigenvalue weighted by molar-refractivity contribution is 7.89. The van der Waals surface area contributed by atoms with Crippen molar-refractivity contribution in [2.24, 2.45) is 0 Å². The minimum absolute atomic E-state index is 0.0630. The Balaban J connectivity index is 1.29. The zero-order valence-corrected chi connectivity index (χ0v) is 19.0. The van der Waals surface area contributed by atoms with E-state index in [0.29, 0.717) is 49.7 Å².